The van der Waals surface area contributed by atoms with E-state index in [2.05, 4.69) is 9.47 Å². The van der Waals surface area contributed by atoms with Crippen molar-refractivity contribution in [3.8, 4) is 0 Å². The van der Waals surface area contributed by atoms with Crippen molar-refractivity contribution in [2.45, 2.75) is 31.0 Å². The third kappa shape index (κ3) is 2.43. The molecule has 0 amide bonds. The maximum atomic E-state index is 12.7. The minimum Gasteiger partial charge on any atom is -0.339 e. The lowest BCUT2D eigenvalue weighted by Gasteiger charge is -2.36. The van der Waals surface area contributed by atoms with Crippen LogP contribution in [-0.2, 0) is 9.47 Å². The van der Waals surface area contributed by atoms with Crippen molar-refractivity contribution in [1.29, 1.82) is 0 Å². The number of methoxy groups -OCH3 is 1. The van der Waals surface area contributed by atoms with Gasteiger partial charge in [-0.3, -0.25) is 0 Å². The Kier molecular flexibility index (Phi) is 3.83. The molecule has 0 aromatic rings. The average molecular weight is 304 g/mol. The van der Waals surface area contributed by atoms with E-state index >= 15 is 0 Å². The zero-order valence-electron chi connectivity index (χ0n) is 10.6. The molecule has 2 aliphatic carbocycles. The lowest BCUT2D eigenvalue weighted by atomic mass is 9.94. The van der Waals surface area contributed by atoms with Crippen LogP contribution in [-0.4, -0.2) is 31.9 Å². The van der Waals surface area contributed by atoms with Crippen LogP contribution in [0.2, 0.25) is 0 Å². The SMILES string of the molecule is COC(OCC1CC2C=CC1C2)(C(F)(F)F)C(F)(F)F. The van der Waals surface area contributed by atoms with E-state index < -0.39 is 24.7 Å². The predicted octanol–water partition coefficient (Wildman–Crippen LogP) is 3.68. The average Bonchev–Trinajstić information content (AvgIpc) is 2.88. The summed E-state index contributed by atoms with van der Waals surface area (Å²) in [6, 6.07) is 0. The first-order valence-electron chi connectivity index (χ1n) is 6.11. The molecule has 1 fully saturated rings. The standard InChI is InChI=1S/C12H14F6O2/c1-19-10(11(13,14)15,12(16,17)18)20-6-9-5-7-2-3-8(9)4-7/h2-3,7-9H,4-6H2,1H3. The molecule has 3 unspecified atom stereocenters. The highest BCUT2D eigenvalue weighted by Crippen LogP contribution is 2.49. The minimum absolute atomic E-state index is 0.00368. The topological polar surface area (TPSA) is 18.5 Å². The van der Waals surface area contributed by atoms with Crippen LogP contribution < -0.4 is 0 Å². The van der Waals surface area contributed by atoms with Crippen LogP contribution >= 0.6 is 0 Å². The Bertz CT molecular complexity index is 372. The van der Waals surface area contributed by atoms with E-state index in [0.717, 1.165) is 6.42 Å². The summed E-state index contributed by atoms with van der Waals surface area (Å²) in [5.41, 5.74) is 0. The number of allylic oxidation sites excluding steroid dienone is 2. The van der Waals surface area contributed by atoms with Crippen molar-refractivity contribution in [3.63, 3.8) is 0 Å². The summed E-state index contributed by atoms with van der Waals surface area (Å²) >= 11 is 0. The van der Waals surface area contributed by atoms with Gasteiger partial charge in [-0.25, -0.2) is 0 Å². The molecule has 1 saturated carbocycles. The fraction of sp³-hybridized carbons (Fsp3) is 0.833. The van der Waals surface area contributed by atoms with Gasteiger partial charge in [0.1, 0.15) is 0 Å². The Balaban J connectivity index is 2.11. The molecule has 3 atom stereocenters. The Morgan fingerprint density at radius 1 is 1.00 bits per heavy atom. The molecule has 0 aromatic carbocycles. The van der Waals surface area contributed by atoms with Crippen LogP contribution in [0.3, 0.4) is 0 Å². The molecule has 0 N–H and O–H groups in total. The molecular weight excluding hydrogens is 290 g/mol. The second-order valence-electron chi connectivity index (χ2n) is 5.17. The lowest BCUT2D eigenvalue weighted by molar-refractivity contribution is -0.465. The van der Waals surface area contributed by atoms with Gasteiger partial charge >= 0.3 is 18.1 Å². The first-order valence-corrected chi connectivity index (χ1v) is 6.11. The van der Waals surface area contributed by atoms with Gasteiger partial charge < -0.3 is 9.47 Å². The summed E-state index contributed by atoms with van der Waals surface area (Å²) < 4.78 is 84.5. The van der Waals surface area contributed by atoms with E-state index in [1.165, 1.54) is 0 Å². The number of hydrogen-bond donors (Lipinski definition) is 0. The van der Waals surface area contributed by atoms with Gasteiger partial charge in [0.15, 0.2) is 0 Å². The van der Waals surface area contributed by atoms with Crippen molar-refractivity contribution >= 4 is 0 Å². The monoisotopic (exact) mass is 304 g/mol. The second kappa shape index (κ2) is 4.91. The molecule has 2 rings (SSSR count). The smallest absolute Gasteiger partial charge is 0.339 e. The van der Waals surface area contributed by atoms with Crippen molar-refractivity contribution in [1.82, 2.24) is 0 Å². The van der Waals surface area contributed by atoms with Gasteiger partial charge in [0.05, 0.1) is 6.61 Å². The maximum absolute atomic E-state index is 12.7. The summed E-state index contributed by atoms with van der Waals surface area (Å²) in [6.45, 7) is -0.627. The van der Waals surface area contributed by atoms with Crippen molar-refractivity contribution < 1.29 is 35.8 Å². The highest BCUT2D eigenvalue weighted by atomic mass is 19.4. The number of halogens is 6. The van der Waals surface area contributed by atoms with Crippen molar-refractivity contribution in [3.05, 3.63) is 12.2 Å². The molecule has 20 heavy (non-hydrogen) atoms. The van der Waals surface area contributed by atoms with Gasteiger partial charge in [0.25, 0.3) is 0 Å². The number of hydrogen-bond acceptors (Lipinski definition) is 2. The normalized spacial score (nSPS) is 30.2. The van der Waals surface area contributed by atoms with E-state index in [1.807, 2.05) is 12.2 Å². The third-order valence-electron chi connectivity index (χ3n) is 3.95. The summed E-state index contributed by atoms with van der Waals surface area (Å²) in [5.74, 6) is -4.64. The summed E-state index contributed by atoms with van der Waals surface area (Å²) in [5, 5.41) is 0. The zero-order valence-corrected chi connectivity index (χ0v) is 10.6. The van der Waals surface area contributed by atoms with Crippen LogP contribution in [0.4, 0.5) is 26.3 Å². The molecule has 0 saturated heterocycles. The summed E-state index contributed by atoms with van der Waals surface area (Å²) in [6.07, 6.45) is -6.28. The Morgan fingerprint density at radius 2 is 1.60 bits per heavy atom. The number of ether oxygens (including phenoxy) is 2. The largest absolute Gasteiger partial charge is 0.453 e. The molecular formula is C12H14F6O2. The molecule has 2 bridgehead atoms. The Labute approximate surface area is 111 Å². The highest BCUT2D eigenvalue weighted by molar-refractivity contribution is 5.10. The summed E-state index contributed by atoms with van der Waals surface area (Å²) in [4.78, 5) is 0. The van der Waals surface area contributed by atoms with E-state index in [4.69, 9.17) is 0 Å². The van der Waals surface area contributed by atoms with Crippen molar-refractivity contribution in [2.24, 2.45) is 17.8 Å². The van der Waals surface area contributed by atoms with E-state index in [0.29, 0.717) is 13.5 Å². The number of alkyl halides is 6. The van der Waals surface area contributed by atoms with E-state index in [1.54, 1.807) is 0 Å². The molecule has 0 radical (unpaired) electrons. The molecule has 2 aliphatic rings. The molecule has 2 nitrogen and oxygen atoms in total. The highest BCUT2D eigenvalue weighted by Gasteiger charge is 2.74. The van der Waals surface area contributed by atoms with Crippen molar-refractivity contribution in [2.75, 3.05) is 13.7 Å². The summed E-state index contributed by atoms with van der Waals surface area (Å²) in [7, 11) is 0.349. The van der Waals surface area contributed by atoms with Gasteiger partial charge in [-0.05, 0) is 30.6 Å². The first kappa shape index (κ1) is 15.6. The van der Waals surface area contributed by atoms with Gasteiger partial charge in [-0.1, -0.05) is 12.2 Å². The minimum atomic E-state index is -5.69. The molecule has 0 heterocycles. The molecule has 0 spiro atoms. The Hall–Kier alpha value is -0.760. The van der Waals surface area contributed by atoms with Gasteiger partial charge in [-0.15, -0.1) is 0 Å². The van der Waals surface area contributed by atoms with Crippen LogP contribution in [0.1, 0.15) is 12.8 Å². The predicted molar refractivity (Wildman–Crippen MR) is 56.6 cm³/mol. The van der Waals surface area contributed by atoms with Crippen LogP contribution in [0.25, 0.3) is 0 Å². The second-order valence-corrected chi connectivity index (χ2v) is 5.17. The maximum Gasteiger partial charge on any atom is 0.453 e. The quantitative estimate of drug-likeness (QED) is 0.448. The van der Waals surface area contributed by atoms with Gasteiger partial charge in [0, 0.05) is 7.11 Å². The van der Waals surface area contributed by atoms with E-state index in [9.17, 15) is 26.3 Å². The fourth-order valence-corrected chi connectivity index (χ4v) is 2.93. The third-order valence-corrected chi connectivity index (χ3v) is 3.95. The van der Waals surface area contributed by atoms with Crippen LogP contribution in [0, 0.1) is 17.8 Å². The zero-order chi connectivity index (χ0) is 15.2. The van der Waals surface area contributed by atoms with Gasteiger partial charge in [-0.2, -0.15) is 26.3 Å². The van der Waals surface area contributed by atoms with Crippen LogP contribution in [0.5, 0.6) is 0 Å². The van der Waals surface area contributed by atoms with Gasteiger partial charge in [0.2, 0.25) is 0 Å². The van der Waals surface area contributed by atoms with E-state index in [-0.39, 0.29) is 17.8 Å². The van der Waals surface area contributed by atoms with Crippen LogP contribution in [0.15, 0.2) is 12.2 Å². The molecule has 0 aromatic heterocycles. The lowest BCUT2D eigenvalue weighted by Crippen LogP contribution is -2.60. The number of fused-ring (bicyclic) bond motifs is 2. The molecule has 116 valence electrons. The fourth-order valence-electron chi connectivity index (χ4n) is 2.93. The molecule has 8 heteroatoms. The molecule has 0 aliphatic heterocycles. The number of rotatable bonds is 4. The first-order chi connectivity index (χ1) is 9.11. The Morgan fingerprint density at radius 3 is 1.95 bits per heavy atom.